The van der Waals surface area contributed by atoms with Gasteiger partial charge in [-0.1, -0.05) is 12.1 Å². The molecule has 10 atom stereocenters. The van der Waals surface area contributed by atoms with Gasteiger partial charge in [-0.25, -0.2) is 44.3 Å². The molecule has 1 aromatic carbocycles. The SMILES string of the molecule is CO/C(C)=C1/NC(=O)[C@H]([C@@H](C)O)NC(=O)c2csc(n2)-c2cc(O)c(-c3nc(CN)cs3)nc2-c2csc(n2)[C@@H]2COC(=O)c3c4c5c(cccc5n3O)COC(=O)[C@@H](O[C@H]3C[C@](C)(O)[C@H](N(C)C)[C@H](C)O3)[C@@H](OC4)[C@H](NC(=O)c3csc1n3)c1nc(cs1)C(=O)N2.O=C(O)C(F)(F)F. The summed E-state index contributed by atoms with van der Waals surface area (Å²) in [5, 5.41) is 73.3. The molecule has 12 bridgehead atoms. The highest BCUT2D eigenvalue weighted by atomic mass is 32.1. The van der Waals surface area contributed by atoms with Crippen molar-refractivity contribution in [2.75, 3.05) is 27.8 Å². The predicted octanol–water partition coefficient (Wildman–Crippen LogP) is 5.25. The number of pyridine rings is 1. The molecule has 4 aliphatic rings. The summed E-state index contributed by atoms with van der Waals surface area (Å²) in [7, 11) is 4.88. The lowest BCUT2D eigenvalue weighted by Crippen LogP contribution is -2.62. The fourth-order valence-electron chi connectivity index (χ4n) is 11.5. The fraction of sp³-hybridized carbons (Fsp3) is 0.383. The lowest BCUT2D eigenvalue weighted by atomic mass is 9.85. The number of alkyl halides is 3. The van der Waals surface area contributed by atoms with E-state index < -0.39 is 134 Å². The van der Waals surface area contributed by atoms with E-state index in [1.165, 1.54) is 60.6 Å². The number of aliphatic carboxylic acids is 1. The van der Waals surface area contributed by atoms with Crippen molar-refractivity contribution in [1.82, 2.24) is 60.8 Å². The normalized spacial score (nSPS) is 24.0. The zero-order valence-electron chi connectivity index (χ0n) is 52.8. The molecule has 39 heteroatoms. The molecule has 4 aliphatic heterocycles. The number of aromatic nitrogens is 7. The second-order valence-corrected chi connectivity index (χ2v) is 27.5. The minimum absolute atomic E-state index is 0.0103. The molecule has 0 saturated carbocycles. The van der Waals surface area contributed by atoms with E-state index in [-0.39, 0.29) is 106 Å². The number of carbonyl (C=O) groups is 7. The molecule has 524 valence electrons. The Morgan fingerprint density at radius 2 is 1.49 bits per heavy atom. The summed E-state index contributed by atoms with van der Waals surface area (Å²) in [6.45, 7) is 4.54. The fourth-order valence-corrected chi connectivity index (χ4v) is 15.7. The lowest BCUT2D eigenvalue weighted by molar-refractivity contribution is -0.280. The second kappa shape index (κ2) is 28.7. The van der Waals surface area contributed by atoms with Crippen LogP contribution in [-0.4, -0.2) is 189 Å². The molecule has 7 aromatic heterocycles. The number of methoxy groups -OCH3 is 1. The highest BCUT2D eigenvalue weighted by molar-refractivity contribution is 7.14. The van der Waals surface area contributed by atoms with Gasteiger partial charge in [0, 0.05) is 56.4 Å². The van der Waals surface area contributed by atoms with E-state index in [0.717, 1.165) is 45.3 Å². The third kappa shape index (κ3) is 14.7. The zero-order valence-corrected chi connectivity index (χ0v) is 56.9. The van der Waals surface area contributed by atoms with E-state index in [2.05, 4.69) is 36.2 Å². The van der Waals surface area contributed by atoms with Crippen molar-refractivity contribution >= 4 is 115 Å². The molecule has 1 fully saturated rings. The van der Waals surface area contributed by atoms with E-state index in [9.17, 15) is 52.9 Å². The number of aliphatic hydroxyl groups excluding tert-OH is 1. The van der Waals surface area contributed by atoms with Crippen molar-refractivity contribution in [2.45, 2.75) is 121 Å². The van der Waals surface area contributed by atoms with Crippen LogP contribution in [0.1, 0.15) is 120 Å². The van der Waals surface area contributed by atoms with Gasteiger partial charge < -0.3 is 86.0 Å². The Morgan fingerprint density at radius 3 is 2.16 bits per heavy atom. The number of carboxylic acids is 1. The molecular weight excluding hydrogens is 1410 g/mol. The quantitative estimate of drug-likeness (QED) is 0.0553. The van der Waals surface area contributed by atoms with E-state index in [1.54, 1.807) is 55.7 Å². The molecule has 0 unspecified atom stereocenters. The number of nitrogens with one attached hydrogen (secondary N) is 4. The number of amides is 4. The molecule has 0 radical (unpaired) electrons. The van der Waals surface area contributed by atoms with Gasteiger partial charge in [0.25, 0.3) is 17.7 Å². The average Bonchev–Trinajstić information content (AvgIpc) is 1.64. The Kier molecular flexibility index (Phi) is 20.7. The average molecular weight is 1470 g/mol. The third-order valence-electron chi connectivity index (χ3n) is 16.0. The molecule has 31 nitrogen and oxygen atoms in total. The number of halogens is 3. The van der Waals surface area contributed by atoms with Crippen LogP contribution >= 0.6 is 56.7 Å². The molecule has 99 heavy (non-hydrogen) atoms. The summed E-state index contributed by atoms with van der Waals surface area (Å²) in [6, 6.07) is 1.01. The molecule has 12 rings (SSSR count). The number of rotatable bonds is 7. The van der Waals surface area contributed by atoms with Gasteiger partial charge in [0.2, 0.25) is 5.91 Å². The minimum atomic E-state index is -5.08. The number of fused-ring (bicyclic) bond motifs is 15. The van der Waals surface area contributed by atoms with Crippen LogP contribution in [0, 0.1) is 0 Å². The number of hydrogen-bond donors (Lipinski definition) is 10. The maximum Gasteiger partial charge on any atom is 0.490 e. The monoisotopic (exact) mass is 1470 g/mol. The number of ether oxygens (including phenoxy) is 6. The van der Waals surface area contributed by atoms with Crippen LogP contribution in [0.25, 0.3) is 49.3 Å². The first-order chi connectivity index (χ1) is 46.9. The first-order valence-corrected chi connectivity index (χ1v) is 34.0. The summed E-state index contributed by atoms with van der Waals surface area (Å²) in [6.07, 6.45) is -12.5. The Balaban J connectivity index is 0.00000134. The third-order valence-corrected chi connectivity index (χ3v) is 20.5. The Hall–Kier alpha value is -9.00. The van der Waals surface area contributed by atoms with E-state index >= 15 is 9.59 Å². The van der Waals surface area contributed by atoms with Crippen LogP contribution in [0.4, 0.5) is 13.2 Å². The van der Waals surface area contributed by atoms with Gasteiger partial charge in [-0.15, -0.1) is 56.7 Å². The standard InChI is InChI=1S/C58H59N13O16S5.C2HF3O2/c1-22(72)38-50(77)68-39(23(2)82-7)53-64-33(21-91-53)49(76)69-42-44-45(87-36-12-58(4,80)46(70(5)6)24(3)86-36)57(79)84-14-25-9-8-10-34-37(25)28(15-83-44)43(71(34)81)56(78)85-16-29(61-47(74)31-20-92-55(42)65-31)52-62-30(18-90-52)40-27(51-63-32(19-89-51)48(75)67-38)11-35(73)41(66-40)54-60-26(13-59)17-88-54;3-2(4,5)1(6)7/h8-11,17-22,24,29,36,38,42,44-46,72-73,80-81H,12-16,59H2,1-7H3,(H,61,74)(H,67,75)(H,68,77)(H,69,76);(H,6,7)/b39-23+;/t22-,24+,29+,36+,38+,42+,44+,45+,46-,58+;/m1./s1. The highest BCUT2D eigenvalue weighted by Crippen LogP contribution is 2.43. The number of nitrogens with zero attached hydrogens (tertiary/aromatic N) is 8. The highest BCUT2D eigenvalue weighted by Gasteiger charge is 2.50. The molecule has 11 N–H and O–H groups in total. The smallest absolute Gasteiger partial charge is 0.490 e. The maximum absolute atomic E-state index is 15.1. The first kappa shape index (κ1) is 71.3. The largest absolute Gasteiger partial charge is 0.506 e. The first-order valence-electron chi connectivity index (χ1n) is 29.6. The Morgan fingerprint density at radius 1 is 0.859 bits per heavy atom. The second-order valence-electron chi connectivity index (χ2n) is 23.1. The van der Waals surface area contributed by atoms with Gasteiger partial charge in [-0.2, -0.15) is 17.9 Å². The van der Waals surface area contributed by atoms with Crippen molar-refractivity contribution in [2.24, 2.45) is 5.73 Å². The van der Waals surface area contributed by atoms with Crippen molar-refractivity contribution in [3.63, 3.8) is 0 Å². The van der Waals surface area contributed by atoms with Crippen LogP contribution in [0.2, 0.25) is 0 Å². The number of hydrogen-bond acceptors (Lipinski definition) is 30. The number of esters is 2. The molecule has 0 spiro atoms. The molecule has 4 amide bonds. The summed E-state index contributed by atoms with van der Waals surface area (Å²) in [5.74, 6) is -8.72. The van der Waals surface area contributed by atoms with Gasteiger partial charge in [-0.05, 0) is 59.5 Å². The van der Waals surface area contributed by atoms with E-state index in [0.29, 0.717) is 21.0 Å². The molecule has 0 aliphatic carbocycles. The maximum atomic E-state index is 15.1. The molecular formula is C60H60F3N13O18S5. The Bertz CT molecular complexity index is 4500. The number of nitrogens with two attached hydrogens (primary N) is 1. The van der Waals surface area contributed by atoms with Gasteiger partial charge in [-0.3, -0.25) is 19.2 Å². The number of carbonyl (C=O) groups excluding carboxylic acids is 6. The summed E-state index contributed by atoms with van der Waals surface area (Å²) in [5.41, 5.74) is 4.71. The van der Waals surface area contributed by atoms with E-state index in [4.69, 9.17) is 59.0 Å². The number of aromatic hydroxyl groups is 1. The number of allylic oxidation sites excluding steroid dienone is 1. The number of likely N-dealkylation sites (N-methyl/N-ethyl adjacent to an activating group) is 1. The summed E-state index contributed by atoms with van der Waals surface area (Å²) >= 11 is 4.95. The number of benzene rings is 1. The van der Waals surface area contributed by atoms with Gasteiger partial charge in [0.05, 0.1) is 48.8 Å². The van der Waals surface area contributed by atoms with Crippen molar-refractivity contribution in [3.8, 4) is 38.4 Å². The van der Waals surface area contributed by atoms with Gasteiger partial charge >= 0.3 is 24.1 Å². The van der Waals surface area contributed by atoms with Crippen LogP contribution < -0.4 is 27.0 Å². The molecule has 11 heterocycles. The number of cyclic esters (lactones) is 2. The number of carboxylic acid groups (broad SMARTS) is 1. The van der Waals surface area contributed by atoms with Crippen LogP contribution in [0.3, 0.4) is 0 Å². The van der Waals surface area contributed by atoms with Crippen molar-refractivity contribution in [1.29, 1.82) is 0 Å². The summed E-state index contributed by atoms with van der Waals surface area (Å²) < 4.78 is 70.0. The Labute approximate surface area is 577 Å². The number of aliphatic hydroxyl groups is 2. The topological polar surface area (TPSA) is 436 Å². The van der Waals surface area contributed by atoms with Gasteiger partial charge in [0.1, 0.15) is 114 Å². The van der Waals surface area contributed by atoms with Crippen molar-refractivity contribution < 1.29 is 101 Å². The van der Waals surface area contributed by atoms with Crippen LogP contribution in [0.5, 0.6) is 5.75 Å². The van der Waals surface area contributed by atoms with Crippen LogP contribution in [-0.2, 0) is 62.6 Å². The molecule has 8 aromatic rings. The van der Waals surface area contributed by atoms with Crippen LogP contribution in [0.15, 0.2) is 56.9 Å². The number of thiazole rings is 5. The van der Waals surface area contributed by atoms with Gasteiger partial charge in [0.15, 0.2) is 18.1 Å². The molecule has 1 saturated heterocycles. The van der Waals surface area contributed by atoms with Crippen molar-refractivity contribution in [3.05, 3.63) is 112 Å². The zero-order chi connectivity index (χ0) is 71.3. The minimum Gasteiger partial charge on any atom is -0.506 e. The summed E-state index contributed by atoms with van der Waals surface area (Å²) in [4.78, 5) is 128. The predicted molar refractivity (Wildman–Crippen MR) is 346 cm³/mol. The van der Waals surface area contributed by atoms with E-state index in [1.807, 2.05) is 0 Å². The lowest BCUT2D eigenvalue weighted by Gasteiger charge is -2.48.